The number of benzene rings is 2. The van der Waals surface area contributed by atoms with Gasteiger partial charge in [0, 0.05) is 5.56 Å². The third kappa shape index (κ3) is 4.51. The van der Waals surface area contributed by atoms with Gasteiger partial charge < -0.3 is 14.9 Å². The van der Waals surface area contributed by atoms with Gasteiger partial charge in [-0.25, -0.2) is 4.79 Å². The molecule has 0 saturated heterocycles. The van der Waals surface area contributed by atoms with Gasteiger partial charge in [-0.1, -0.05) is 17.7 Å². The second-order valence-electron chi connectivity index (χ2n) is 5.09. The zero-order chi connectivity index (χ0) is 18.4. The number of allylic oxidation sites excluding steroid dienone is 1. The minimum absolute atomic E-state index is 0.0126. The highest BCUT2D eigenvalue weighted by atomic mass is 35.5. The van der Waals surface area contributed by atoms with Crippen molar-refractivity contribution in [2.24, 2.45) is 5.10 Å². The fourth-order valence-corrected chi connectivity index (χ4v) is 2.37. The average Bonchev–Trinajstić information content (AvgIpc) is 2.58. The first-order valence-corrected chi connectivity index (χ1v) is 7.66. The molecule has 2 aromatic carbocycles. The van der Waals surface area contributed by atoms with Crippen molar-refractivity contribution in [2.45, 2.75) is 6.42 Å². The van der Waals surface area contributed by atoms with Crippen molar-refractivity contribution >= 4 is 29.5 Å². The Morgan fingerprint density at radius 3 is 2.80 bits per heavy atom. The molecular formula is C18H17ClN2O4. The van der Waals surface area contributed by atoms with E-state index in [-0.39, 0.29) is 16.3 Å². The second-order valence-corrected chi connectivity index (χ2v) is 5.50. The molecule has 0 amide bonds. The Kier molecular flexibility index (Phi) is 6.03. The molecule has 0 fully saturated rings. The molecule has 6 nitrogen and oxygen atoms in total. The first kappa shape index (κ1) is 18.4. The normalized spacial score (nSPS) is 10.6. The van der Waals surface area contributed by atoms with E-state index in [1.807, 2.05) is 0 Å². The van der Waals surface area contributed by atoms with Gasteiger partial charge in [0.15, 0.2) is 11.5 Å². The van der Waals surface area contributed by atoms with Crippen molar-refractivity contribution < 1.29 is 19.7 Å². The Balaban J connectivity index is 2.22. The van der Waals surface area contributed by atoms with Crippen molar-refractivity contribution in [1.29, 1.82) is 0 Å². The molecule has 0 bridgehead atoms. The van der Waals surface area contributed by atoms with Crippen LogP contribution < -0.4 is 10.2 Å². The molecule has 25 heavy (non-hydrogen) atoms. The van der Waals surface area contributed by atoms with Crippen LogP contribution in [0.15, 0.2) is 48.1 Å². The van der Waals surface area contributed by atoms with E-state index in [0.29, 0.717) is 29.0 Å². The van der Waals surface area contributed by atoms with Crippen LogP contribution in [0.2, 0.25) is 5.02 Å². The lowest BCUT2D eigenvalue weighted by molar-refractivity contribution is 0.0697. The molecule has 0 atom stereocenters. The zero-order valence-corrected chi connectivity index (χ0v) is 14.2. The summed E-state index contributed by atoms with van der Waals surface area (Å²) in [5.74, 6) is -0.716. The molecule has 3 N–H and O–H groups in total. The molecule has 0 aromatic heterocycles. The number of halogens is 1. The van der Waals surface area contributed by atoms with Crippen LogP contribution in [-0.4, -0.2) is 29.5 Å². The monoisotopic (exact) mass is 360 g/mol. The number of ether oxygens (including phenoxy) is 1. The predicted octanol–water partition coefficient (Wildman–Crippen LogP) is 3.93. The Labute approximate surface area is 150 Å². The topological polar surface area (TPSA) is 91.2 Å². The van der Waals surface area contributed by atoms with E-state index in [9.17, 15) is 9.90 Å². The van der Waals surface area contributed by atoms with Crippen molar-refractivity contribution in [3.63, 3.8) is 0 Å². The van der Waals surface area contributed by atoms with Gasteiger partial charge in [-0.3, -0.25) is 5.43 Å². The highest BCUT2D eigenvalue weighted by molar-refractivity contribution is 6.33. The molecule has 2 aromatic rings. The van der Waals surface area contributed by atoms with E-state index < -0.39 is 5.97 Å². The Bertz CT molecular complexity index is 834. The first-order chi connectivity index (χ1) is 12.0. The summed E-state index contributed by atoms with van der Waals surface area (Å²) in [4.78, 5) is 11.1. The molecule has 0 saturated carbocycles. The van der Waals surface area contributed by atoms with Crippen LogP contribution in [0.25, 0.3) is 0 Å². The van der Waals surface area contributed by atoms with Crippen molar-refractivity contribution in [1.82, 2.24) is 0 Å². The molecule has 7 heteroatoms. The fraction of sp³-hybridized carbons (Fsp3) is 0.111. The molecule has 0 heterocycles. The van der Waals surface area contributed by atoms with Crippen LogP contribution in [-0.2, 0) is 6.42 Å². The predicted molar refractivity (Wildman–Crippen MR) is 98.2 cm³/mol. The number of aromatic carboxylic acids is 1. The third-order valence-corrected chi connectivity index (χ3v) is 3.69. The standard InChI is InChI=1S/C18H17ClN2O4/c1-3-4-12-7-11(8-16(25-2)17(12)22)10-20-21-13-5-6-15(19)14(9-13)18(23)24/h3,5-10,21-22H,1,4H2,2H3,(H,23,24)/b20-10+. The first-order valence-electron chi connectivity index (χ1n) is 7.29. The number of phenols is 1. The molecule has 0 unspecified atom stereocenters. The Hall–Kier alpha value is -2.99. The number of hydrazone groups is 1. The molecular weight excluding hydrogens is 344 g/mol. The van der Waals surface area contributed by atoms with Crippen molar-refractivity contribution in [3.8, 4) is 11.5 Å². The van der Waals surface area contributed by atoms with E-state index in [1.54, 1.807) is 24.3 Å². The maximum absolute atomic E-state index is 11.1. The smallest absolute Gasteiger partial charge is 0.337 e. The summed E-state index contributed by atoms with van der Waals surface area (Å²) in [5.41, 5.74) is 4.58. The summed E-state index contributed by atoms with van der Waals surface area (Å²) in [7, 11) is 1.47. The average molecular weight is 361 g/mol. The van der Waals surface area contributed by atoms with Crippen LogP contribution in [0, 0.1) is 0 Å². The quantitative estimate of drug-likeness (QED) is 0.395. The van der Waals surface area contributed by atoms with Gasteiger partial charge in [-0.15, -0.1) is 6.58 Å². The van der Waals surface area contributed by atoms with E-state index >= 15 is 0 Å². The summed E-state index contributed by atoms with van der Waals surface area (Å²) in [6.45, 7) is 3.66. The van der Waals surface area contributed by atoms with Crippen LogP contribution in [0.1, 0.15) is 21.5 Å². The SMILES string of the molecule is C=CCc1cc(/C=N/Nc2ccc(Cl)c(C(=O)O)c2)cc(OC)c1O. The van der Waals surface area contributed by atoms with Gasteiger partial charge in [-0.2, -0.15) is 5.10 Å². The van der Waals surface area contributed by atoms with Gasteiger partial charge in [0.25, 0.3) is 0 Å². The zero-order valence-electron chi connectivity index (χ0n) is 13.5. The molecule has 0 spiro atoms. The van der Waals surface area contributed by atoms with Gasteiger partial charge in [0.1, 0.15) is 0 Å². The number of rotatable bonds is 7. The number of hydrogen-bond donors (Lipinski definition) is 3. The number of hydrogen-bond acceptors (Lipinski definition) is 5. The number of aromatic hydroxyl groups is 1. The van der Waals surface area contributed by atoms with E-state index in [4.69, 9.17) is 21.4 Å². The molecule has 0 aliphatic heterocycles. The maximum Gasteiger partial charge on any atom is 0.337 e. The molecule has 2 rings (SSSR count). The number of carbonyl (C=O) groups is 1. The van der Waals surface area contributed by atoms with Gasteiger partial charge in [-0.05, 0) is 42.3 Å². The Morgan fingerprint density at radius 1 is 1.40 bits per heavy atom. The van der Waals surface area contributed by atoms with E-state index in [1.165, 1.54) is 25.5 Å². The van der Waals surface area contributed by atoms with Crippen molar-refractivity contribution in [2.75, 3.05) is 12.5 Å². The van der Waals surface area contributed by atoms with Gasteiger partial charge in [0.05, 0.1) is 29.6 Å². The lowest BCUT2D eigenvalue weighted by Crippen LogP contribution is -1.99. The maximum atomic E-state index is 11.1. The summed E-state index contributed by atoms with van der Waals surface area (Å²) < 4.78 is 5.15. The lowest BCUT2D eigenvalue weighted by Gasteiger charge is -2.09. The van der Waals surface area contributed by atoms with E-state index in [2.05, 4.69) is 17.1 Å². The van der Waals surface area contributed by atoms with Crippen molar-refractivity contribution in [3.05, 3.63) is 64.7 Å². The van der Waals surface area contributed by atoms with Gasteiger partial charge in [0.2, 0.25) is 0 Å². The third-order valence-electron chi connectivity index (χ3n) is 3.36. The summed E-state index contributed by atoms with van der Waals surface area (Å²) in [6.07, 6.45) is 3.69. The summed E-state index contributed by atoms with van der Waals surface area (Å²) in [5, 5.41) is 23.3. The number of nitrogens with zero attached hydrogens (tertiary/aromatic N) is 1. The van der Waals surface area contributed by atoms with Crippen LogP contribution in [0.5, 0.6) is 11.5 Å². The fourth-order valence-electron chi connectivity index (χ4n) is 2.17. The number of anilines is 1. The summed E-state index contributed by atoms with van der Waals surface area (Å²) >= 11 is 5.82. The molecule has 0 radical (unpaired) electrons. The van der Waals surface area contributed by atoms with Crippen LogP contribution in [0.3, 0.4) is 0 Å². The summed E-state index contributed by atoms with van der Waals surface area (Å²) in [6, 6.07) is 7.89. The number of carboxylic acids is 1. The lowest BCUT2D eigenvalue weighted by atomic mass is 10.1. The minimum atomic E-state index is -1.12. The number of phenolic OH excluding ortho intramolecular Hbond substituents is 1. The largest absolute Gasteiger partial charge is 0.504 e. The van der Waals surface area contributed by atoms with Gasteiger partial charge >= 0.3 is 5.97 Å². The Morgan fingerprint density at radius 2 is 2.16 bits per heavy atom. The molecule has 130 valence electrons. The van der Waals surface area contributed by atoms with Crippen LogP contribution in [0.4, 0.5) is 5.69 Å². The molecule has 0 aliphatic rings. The molecule has 0 aliphatic carbocycles. The highest BCUT2D eigenvalue weighted by Gasteiger charge is 2.10. The second kappa shape index (κ2) is 8.21. The van der Waals surface area contributed by atoms with Crippen LogP contribution >= 0.6 is 11.6 Å². The number of nitrogens with one attached hydrogen (secondary N) is 1. The highest BCUT2D eigenvalue weighted by Crippen LogP contribution is 2.31. The van der Waals surface area contributed by atoms with E-state index in [0.717, 1.165) is 0 Å². The minimum Gasteiger partial charge on any atom is -0.504 e. The number of carboxylic acid groups (broad SMARTS) is 1. The number of methoxy groups -OCH3 is 1.